The maximum Gasteiger partial charge on any atom is 0.406 e. The van der Waals surface area contributed by atoms with E-state index in [4.69, 9.17) is 9.47 Å². The maximum absolute atomic E-state index is 13.3. The molecule has 34 heavy (non-hydrogen) atoms. The van der Waals surface area contributed by atoms with E-state index < -0.39 is 18.7 Å². The van der Waals surface area contributed by atoms with Crippen LogP contribution in [-0.4, -0.2) is 43.9 Å². The number of hydrogen-bond donors (Lipinski definition) is 1. The number of para-hydroxylation sites is 1. The number of fused-ring (bicyclic) bond motifs is 1. The van der Waals surface area contributed by atoms with E-state index in [0.717, 1.165) is 12.0 Å². The number of rotatable bonds is 7. The highest BCUT2D eigenvalue weighted by Gasteiger charge is 2.32. The lowest BCUT2D eigenvalue weighted by molar-refractivity contribution is -0.118. The van der Waals surface area contributed by atoms with Gasteiger partial charge in [-0.05, 0) is 36.2 Å². The van der Waals surface area contributed by atoms with Crippen LogP contribution in [0.3, 0.4) is 0 Å². The van der Waals surface area contributed by atoms with Gasteiger partial charge in [-0.1, -0.05) is 24.3 Å². The van der Waals surface area contributed by atoms with E-state index in [0.29, 0.717) is 41.5 Å². The fourth-order valence-corrected chi connectivity index (χ4v) is 4.01. The Balaban J connectivity index is 1.57. The summed E-state index contributed by atoms with van der Waals surface area (Å²) in [5, 5.41) is 3.26. The predicted octanol–water partition coefficient (Wildman–Crippen LogP) is 5.55. The molecule has 2 heterocycles. The first-order valence-corrected chi connectivity index (χ1v) is 10.8. The van der Waals surface area contributed by atoms with E-state index in [-0.39, 0.29) is 5.92 Å². The van der Waals surface area contributed by atoms with Crippen LogP contribution in [0.4, 0.5) is 30.2 Å². The Labute approximate surface area is 195 Å². The number of ether oxygens (including phenoxy) is 2. The molecule has 0 bridgehead atoms. The highest BCUT2D eigenvalue weighted by Crippen LogP contribution is 2.39. The molecule has 2 aromatic carbocycles. The van der Waals surface area contributed by atoms with Crippen LogP contribution < -0.4 is 15.0 Å². The van der Waals surface area contributed by atoms with Crippen LogP contribution in [0.25, 0.3) is 0 Å². The molecule has 1 unspecified atom stereocenters. The van der Waals surface area contributed by atoms with E-state index in [1.54, 1.807) is 54.7 Å². The van der Waals surface area contributed by atoms with Gasteiger partial charge in [-0.3, -0.25) is 4.98 Å². The molecule has 1 aromatic heterocycles. The summed E-state index contributed by atoms with van der Waals surface area (Å²) in [5.41, 5.74) is 2.67. The van der Waals surface area contributed by atoms with Crippen molar-refractivity contribution in [1.29, 1.82) is 0 Å². The Morgan fingerprint density at radius 1 is 1.18 bits per heavy atom. The number of methoxy groups -OCH3 is 1. The maximum atomic E-state index is 13.3. The zero-order valence-corrected chi connectivity index (χ0v) is 18.5. The molecule has 0 radical (unpaired) electrons. The van der Waals surface area contributed by atoms with Gasteiger partial charge in [0.25, 0.3) is 0 Å². The molecule has 1 N–H and O–H groups in total. The van der Waals surface area contributed by atoms with E-state index in [9.17, 15) is 18.0 Å². The molecule has 0 aliphatic carbocycles. The molecule has 0 saturated heterocycles. The van der Waals surface area contributed by atoms with Crippen LogP contribution in [0.15, 0.2) is 67.0 Å². The molecule has 178 valence electrons. The van der Waals surface area contributed by atoms with E-state index in [1.807, 2.05) is 6.07 Å². The van der Waals surface area contributed by atoms with Gasteiger partial charge in [0.15, 0.2) is 0 Å². The Morgan fingerprint density at radius 2 is 1.97 bits per heavy atom. The summed E-state index contributed by atoms with van der Waals surface area (Å²) in [4.78, 5) is 17.3. The number of nitrogens with one attached hydrogen (secondary N) is 1. The lowest BCUT2D eigenvalue weighted by Gasteiger charge is -2.30. The minimum absolute atomic E-state index is 0.0382. The van der Waals surface area contributed by atoms with Crippen molar-refractivity contribution in [3.63, 3.8) is 0 Å². The molecule has 1 aliphatic rings. The number of alkyl halides is 3. The Bertz CT molecular complexity index is 1140. The van der Waals surface area contributed by atoms with Gasteiger partial charge in [-0.2, -0.15) is 13.2 Å². The summed E-state index contributed by atoms with van der Waals surface area (Å²) in [7, 11) is 1.32. The topological polar surface area (TPSA) is 63.7 Å². The molecule has 6 nitrogen and oxygen atoms in total. The van der Waals surface area contributed by atoms with Crippen LogP contribution >= 0.6 is 0 Å². The number of carbonyl (C=O) groups is 1. The van der Waals surface area contributed by atoms with Gasteiger partial charge in [0.05, 0.1) is 31.2 Å². The number of carbonyl (C=O) groups excluding carboxylic acids is 1. The van der Waals surface area contributed by atoms with Gasteiger partial charge in [0, 0.05) is 36.1 Å². The van der Waals surface area contributed by atoms with Gasteiger partial charge in [-0.15, -0.1) is 0 Å². The first-order valence-electron chi connectivity index (χ1n) is 10.8. The summed E-state index contributed by atoms with van der Waals surface area (Å²) < 4.78 is 50.6. The number of pyridine rings is 1. The van der Waals surface area contributed by atoms with Gasteiger partial charge < -0.3 is 19.7 Å². The highest BCUT2D eigenvalue weighted by atomic mass is 19.4. The lowest BCUT2D eigenvalue weighted by atomic mass is 9.92. The number of hydrogen-bond acceptors (Lipinski definition) is 6. The molecular formula is C25H24F3N3O3. The molecule has 1 aliphatic heterocycles. The number of esters is 1. The normalized spacial score (nSPS) is 15.1. The third-order valence-corrected chi connectivity index (χ3v) is 5.64. The van der Waals surface area contributed by atoms with E-state index in [2.05, 4.69) is 10.3 Å². The molecule has 0 saturated carbocycles. The standard InChI is InChI=1S/C25H24F3N3O3/c1-33-24(32)21-9-11-29-15-22(21)30-14-17-10-12-34-23-13-19(7-8-20(17)23)31(16-25(26,27)28)18-5-3-2-4-6-18/h2-9,11,13,15,17,30H,10,12,14,16H2,1H3. The Hall–Kier alpha value is -3.75. The van der Waals surface area contributed by atoms with Crippen LogP contribution in [0.2, 0.25) is 0 Å². The van der Waals surface area contributed by atoms with Crippen molar-refractivity contribution in [1.82, 2.24) is 4.98 Å². The number of nitrogens with zero attached hydrogens (tertiary/aromatic N) is 2. The summed E-state index contributed by atoms with van der Waals surface area (Å²) in [6.07, 6.45) is -0.579. The molecule has 0 amide bonds. The fraction of sp³-hybridized carbons (Fsp3) is 0.280. The zero-order valence-electron chi connectivity index (χ0n) is 18.5. The van der Waals surface area contributed by atoms with Crippen molar-refractivity contribution in [2.45, 2.75) is 18.5 Å². The van der Waals surface area contributed by atoms with Crippen molar-refractivity contribution >= 4 is 23.0 Å². The van der Waals surface area contributed by atoms with Crippen LogP contribution in [0.5, 0.6) is 5.75 Å². The molecular weight excluding hydrogens is 447 g/mol. The van der Waals surface area contributed by atoms with Crippen LogP contribution in [0, 0.1) is 0 Å². The highest BCUT2D eigenvalue weighted by molar-refractivity contribution is 5.95. The largest absolute Gasteiger partial charge is 0.493 e. The first kappa shape index (κ1) is 23.4. The lowest BCUT2D eigenvalue weighted by Crippen LogP contribution is -2.30. The minimum atomic E-state index is -4.37. The molecule has 0 fully saturated rings. The summed E-state index contributed by atoms with van der Waals surface area (Å²) >= 11 is 0. The average molecular weight is 471 g/mol. The predicted molar refractivity (Wildman–Crippen MR) is 123 cm³/mol. The molecule has 0 spiro atoms. The van der Waals surface area contributed by atoms with Gasteiger partial charge in [0.1, 0.15) is 12.3 Å². The summed E-state index contributed by atoms with van der Waals surface area (Å²) in [6.45, 7) is -0.182. The minimum Gasteiger partial charge on any atom is -0.493 e. The van der Waals surface area contributed by atoms with Crippen molar-refractivity contribution in [2.24, 2.45) is 0 Å². The van der Waals surface area contributed by atoms with Gasteiger partial charge >= 0.3 is 12.1 Å². The molecule has 3 aromatic rings. The smallest absolute Gasteiger partial charge is 0.406 e. The average Bonchev–Trinajstić information content (AvgIpc) is 2.85. The second-order valence-corrected chi connectivity index (χ2v) is 7.89. The van der Waals surface area contributed by atoms with Crippen molar-refractivity contribution in [2.75, 3.05) is 37.0 Å². The van der Waals surface area contributed by atoms with E-state index >= 15 is 0 Å². The zero-order chi connectivity index (χ0) is 24.1. The number of anilines is 3. The quantitative estimate of drug-likeness (QED) is 0.456. The van der Waals surface area contributed by atoms with Gasteiger partial charge in [0.2, 0.25) is 0 Å². The van der Waals surface area contributed by atoms with Crippen LogP contribution in [0.1, 0.15) is 28.3 Å². The second kappa shape index (κ2) is 10.0. The van der Waals surface area contributed by atoms with Crippen molar-refractivity contribution in [3.05, 3.63) is 78.1 Å². The Morgan fingerprint density at radius 3 is 2.71 bits per heavy atom. The number of aromatic nitrogens is 1. The fourth-order valence-electron chi connectivity index (χ4n) is 4.01. The Kier molecular flexibility index (Phi) is 6.90. The molecule has 9 heteroatoms. The first-order chi connectivity index (χ1) is 16.4. The molecule has 4 rings (SSSR count). The van der Waals surface area contributed by atoms with Crippen molar-refractivity contribution in [3.8, 4) is 5.75 Å². The molecule has 1 atom stereocenters. The summed E-state index contributed by atoms with van der Waals surface area (Å²) in [5.74, 6) is 0.127. The van der Waals surface area contributed by atoms with Crippen molar-refractivity contribution < 1.29 is 27.4 Å². The van der Waals surface area contributed by atoms with Gasteiger partial charge in [-0.25, -0.2) is 4.79 Å². The van der Waals surface area contributed by atoms with Crippen LogP contribution in [-0.2, 0) is 4.74 Å². The summed E-state index contributed by atoms with van der Waals surface area (Å²) in [6, 6.07) is 15.2. The SMILES string of the molecule is COC(=O)c1ccncc1NCC1CCOc2cc(N(CC(F)(F)F)c3ccccc3)ccc21. The van der Waals surface area contributed by atoms with E-state index in [1.165, 1.54) is 18.2 Å². The number of benzene rings is 2. The number of halogens is 3. The second-order valence-electron chi connectivity index (χ2n) is 7.89. The third kappa shape index (κ3) is 5.41. The third-order valence-electron chi connectivity index (χ3n) is 5.64. The monoisotopic (exact) mass is 471 g/mol.